The molecule has 0 radical (unpaired) electrons. The average Bonchev–Trinajstić information content (AvgIpc) is 2.39. The molecule has 2 N–H and O–H groups in total. The zero-order valence-corrected chi connectivity index (χ0v) is 9.89. The third-order valence-electron chi connectivity index (χ3n) is 2.40. The molecule has 0 aliphatic carbocycles. The van der Waals surface area contributed by atoms with Crippen LogP contribution in [0.1, 0.15) is 11.1 Å². The highest BCUT2D eigenvalue weighted by Gasteiger charge is 2.00. The van der Waals surface area contributed by atoms with Gasteiger partial charge in [0.25, 0.3) is 0 Å². The van der Waals surface area contributed by atoms with E-state index in [1.54, 1.807) is 18.4 Å². The molecule has 0 aliphatic heterocycles. The summed E-state index contributed by atoms with van der Waals surface area (Å²) in [5.41, 5.74) is 9.55. The van der Waals surface area contributed by atoms with Gasteiger partial charge in [0.05, 0.1) is 0 Å². The minimum absolute atomic E-state index is 0.899. The molecule has 1 aromatic rings. The number of hydrogen-bond acceptors (Lipinski definition) is 1. The molecule has 0 saturated carbocycles. The average molecular weight is 223 g/mol. The molecule has 0 spiro atoms. The van der Waals surface area contributed by atoms with Gasteiger partial charge in [-0.15, -0.1) is 0 Å². The van der Waals surface area contributed by atoms with Crippen LogP contribution in [-0.4, -0.2) is 0 Å². The van der Waals surface area contributed by atoms with Crippen LogP contribution in [0, 0.1) is 0 Å². The Morgan fingerprint density at radius 1 is 1.18 bits per heavy atom. The van der Waals surface area contributed by atoms with Crippen molar-refractivity contribution < 1.29 is 0 Å². The van der Waals surface area contributed by atoms with E-state index in [4.69, 9.17) is 5.73 Å². The van der Waals surface area contributed by atoms with Gasteiger partial charge in [0.15, 0.2) is 0 Å². The standard InChI is InChI=1S/C16H17N/c1-4-6-8-16(12-17)15-10-7-9-14(11-15)13(3)5-2/h4-12H,1-3,17H2/b8-6-,16-12+. The second-order valence-corrected chi connectivity index (χ2v) is 3.53. The van der Waals surface area contributed by atoms with Crippen LogP contribution in [0.4, 0.5) is 0 Å². The molecule has 0 heterocycles. The Morgan fingerprint density at radius 3 is 2.47 bits per heavy atom. The molecule has 0 aromatic heterocycles. The molecule has 1 nitrogen and oxygen atoms in total. The lowest BCUT2D eigenvalue weighted by Crippen LogP contribution is -1.88. The molecule has 0 atom stereocenters. The molecule has 86 valence electrons. The van der Waals surface area contributed by atoms with Gasteiger partial charge in [-0.25, -0.2) is 0 Å². The van der Waals surface area contributed by atoms with E-state index in [0.29, 0.717) is 0 Å². The predicted molar refractivity (Wildman–Crippen MR) is 77.2 cm³/mol. The summed E-state index contributed by atoms with van der Waals surface area (Å²) in [6.07, 6.45) is 8.81. The second kappa shape index (κ2) is 6.33. The lowest BCUT2D eigenvalue weighted by molar-refractivity contribution is 1.53. The fourth-order valence-corrected chi connectivity index (χ4v) is 1.44. The molecular formula is C16H17N. The number of allylic oxidation sites excluding steroid dienone is 6. The van der Waals surface area contributed by atoms with Crippen LogP contribution in [0.2, 0.25) is 0 Å². The summed E-state index contributed by atoms with van der Waals surface area (Å²) in [6, 6.07) is 8.02. The molecular weight excluding hydrogens is 206 g/mol. The van der Waals surface area contributed by atoms with Crippen LogP contribution in [0.3, 0.4) is 0 Å². The number of benzene rings is 1. The van der Waals surface area contributed by atoms with Crippen LogP contribution >= 0.6 is 0 Å². The summed E-state index contributed by atoms with van der Waals surface area (Å²) in [5, 5.41) is 0. The van der Waals surface area contributed by atoms with E-state index in [1.165, 1.54) is 0 Å². The zero-order valence-electron chi connectivity index (χ0n) is 9.89. The van der Waals surface area contributed by atoms with Crippen molar-refractivity contribution in [2.75, 3.05) is 0 Å². The maximum atomic E-state index is 5.61. The van der Waals surface area contributed by atoms with Crippen molar-refractivity contribution in [2.45, 2.75) is 0 Å². The van der Waals surface area contributed by atoms with Gasteiger partial charge in [0.1, 0.15) is 0 Å². The highest BCUT2D eigenvalue weighted by atomic mass is 14.5. The summed E-state index contributed by atoms with van der Waals surface area (Å²) in [5.74, 6) is 0. The van der Waals surface area contributed by atoms with Crippen molar-refractivity contribution in [1.82, 2.24) is 0 Å². The lowest BCUT2D eigenvalue weighted by atomic mass is 10.00. The first-order chi connectivity index (χ1) is 8.22. The highest BCUT2D eigenvalue weighted by Crippen LogP contribution is 2.20. The lowest BCUT2D eigenvalue weighted by Gasteiger charge is -2.05. The van der Waals surface area contributed by atoms with Gasteiger partial charge in [-0.2, -0.15) is 0 Å². The molecule has 0 unspecified atom stereocenters. The normalized spacial score (nSPS) is 11.4. The van der Waals surface area contributed by atoms with Gasteiger partial charge in [-0.1, -0.05) is 62.2 Å². The van der Waals surface area contributed by atoms with Gasteiger partial charge in [0, 0.05) is 6.20 Å². The van der Waals surface area contributed by atoms with E-state index in [2.05, 4.69) is 19.7 Å². The maximum absolute atomic E-state index is 5.61. The molecule has 0 saturated heterocycles. The van der Waals surface area contributed by atoms with Crippen LogP contribution in [0.25, 0.3) is 11.1 Å². The molecule has 1 aromatic carbocycles. The molecule has 17 heavy (non-hydrogen) atoms. The van der Waals surface area contributed by atoms with Crippen LogP contribution in [-0.2, 0) is 0 Å². The first-order valence-electron chi connectivity index (χ1n) is 5.36. The smallest absolute Gasteiger partial charge is 0.00175 e. The van der Waals surface area contributed by atoms with Gasteiger partial charge in [-0.3, -0.25) is 0 Å². The Bertz CT molecular complexity index is 490. The first kappa shape index (κ1) is 12.8. The third-order valence-corrected chi connectivity index (χ3v) is 2.40. The van der Waals surface area contributed by atoms with Crippen molar-refractivity contribution in [3.8, 4) is 0 Å². The molecule has 0 bridgehead atoms. The molecule has 0 fully saturated rings. The monoisotopic (exact) mass is 223 g/mol. The Balaban J connectivity index is 3.14. The zero-order chi connectivity index (χ0) is 12.7. The van der Waals surface area contributed by atoms with Crippen molar-refractivity contribution in [2.24, 2.45) is 5.73 Å². The van der Waals surface area contributed by atoms with Crippen LogP contribution < -0.4 is 5.73 Å². The minimum atomic E-state index is 0.899. The Kier molecular flexibility index (Phi) is 4.77. The molecule has 0 aliphatic rings. The van der Waals surface area contributed by atoms with Gasteiger partial charge in [0.2, 0.25) is 0 Å². The number of hydrogen-bond donors (Lipinski definition) is 1. The first-order valence-corrected chi connectivity index (χ1v) is 5.36. The van der Waals surface area contributed by atoms with E-state index >= 15 is 0 Å². The largest absolute Gasteiger partial charge is 0.404 e. The molecule has 1 rings (SSSR count). The number of nitrogens with two attached hydrogens (primary N) is 1. The topological polar surface area (TPSA) is 26.0 Å². The molecule has 1 heteroatoms. The van der Waals surface area contributed by atoms with Gasteiger partial charge >= 0.3 is 0 Å². The summed E-state index contributed by atoms with van der Waals surface area (Å²) in [7, 11) is 0. The van der Waals surface area contributed by atoms with E-state index in [1.807, 2.05) is 36.4 Å². The second-order valence-electron chi connectivity index (χ2n) is 3.53. The predicted octanol–water partition coefficient (Wildman–Crippen LogP) is 3.93. The van der Waals surface area contributed by atoms with Crippen molar-refractivity contribution >= 4 is 11.1 Å². The molecule has 0 amide bonds. The highest BCUT2D eigenvalue weighted by molar-refractivity contribution is 5.78. The van der Waals surface area contributed by atoms with Crippen LogP contribution in [0.15, 0.2) is 74.5 Å². The maximum Gasteiger partial charge on any atom is 0.00175 e. The van der Waals surface area contributed by atoms with E-state index in [0.717, 1.165) is 22.3 Å². The van der Waals surface area contributed by atoms with E-state index < -0.39 is 0 Å². The Labute approximate surface area is 103 Å². The van der Waals surface area contributed by atoms with E-state index in [9.17, 15) is 0 Å². The SMILES string of the molecule is C=C/C=C\C(=C/N)c1cccc(C(=C)C=C)c1. The minimum Gasteiger partial charge on any atom is -0.404 e. The van der Waals surface area contributed by atoms with Gasteiger partial charge < -0.3 is 5.73 Å². The Hall–Kier alpha value is -2.28. The quantitative estimate of drug-likeness (QED) is 0.752. The summed E-state index contributed by atoms with van der Waals surface area (Å²) in [4.78, 5) is 0. The third kappa shape index (κ3) is 3.35. The van der Waals surface area contributed by atoms with Gasteiger partial charge in [-0.05, 0) is 28.3 Å². The van der Waals surface area contributed by atoms with Crippen molar-refractivity contribution in [1.29, 1.82) is 0 Å². The fraction of sp³-hybridized carbons (Fsp3) is 0. The summed E-state index contributed by atoms with van der Waals surface area (Å²) in [6.45, 7) is 11.3. The van der Waals surface area contributed by atoms with Crippen LogP contribution in [0.5, 0.6) is 0 Å². The van der Waals surface area contributed by atoms with Crippen molar-refractivity contribution in [3.63, 3.8) is 0 Å². The fourth-order valence-electron chi connectivity index (χ4n) is 1.44. The van der Waals surface area contributed by atoms with E-state index in [-0.39, 0.29) is 0 Å². The summed E-state index contributed by atoms with van der Waals surface area (Å²) < 4.78 is 0. The Morgan fingerprint density at radius 2 is 1.88 bits per heavy atom. The van der Waals surface area contributed by atoms with Crippen molar-refractivity contribution in [3.05, 3.63) is 85.6 Å². The number of rotatable bonds is 5. The summed E-state index contributed by atoms with van der Waals surface area (Å²) >= 11 is 0.